The molecule has 0 rings (SSSR count). The molecule has 0 aromatic carbocycles. The van der Waals surface area contributed by atoms with Crippen LogP contribution in [0.4, 0.5) is 0 Å². The Labute approximate surface area is 83.3 Å². The van der Waals surface area contributed by atoms with Crippen LogP contribution < -0.4 is 34.9 Å². The van der Waals surface area contributed by atoms with E-state index in [2.05, 4.69) is 37.1 Å². The van der Waals surface area contributed by atoms with Gasteiger partial charge in [-0.15, -0.1) is 0 Å². The fourth-order valence-electron chi connectivity index (χ4n) is 0.227. The molecule has 0 aromatic heterocycles. The van der Waals surface area contributed by atoms with Gasteiger partial charge in [-0.25, -0.2) is 0 Å². The summed E-state index contributed by atoms with van der Waals surface area (Å²) < 4.78 is 0.474. The molecule has 0 radical (unpaired) electrons. The largest absolute Gasteiger partial charge is 1.00 e. The van der Waals surface area contributed by atoms with Crippen molar-refractivity contribution in [3.8, 4) is 0 Å². The third-order valence-electron chi connectivity index (χ3n) is 0.519. The summed E-state index contributed by atoms with van der Waals surface area (Å²) in [6, 6.07) is 0. The Morgan fingerprint density at radius 3 is 2.38 bits per heavy atom. The maximum Gasteiger partial charge on any atom is 1.00 e. The number of nitrogens with one attached hydrogen (secondary N) is 1. The maximum atomic E-state index is 4.56. The normalized spacial score (nSPS) is 7.12. The summed E-state index contributed by atoms with van der Waals surface area (Å²) in [5, 5.41) is 2.84. The van der Waals surface area contributed by atoms with E-state index in [0.717, 1.165) is 13.0 Å². The molecule has 0 aliphatic carbocycles. The summed E-state index contributed by atoms with van der Waals surface area (Å²) in [5.41, 5.74) is 0. The van der Waals surface area contributed by atoms with Gasteiger partial charge >= 0.3 is 29.6 Å². The van der Waals surface area contributed by atoms with E-state index in [4.69, 9.17) is 0 Å². The molecule has 42 valence electrons. The topological polar surface area (TPSA) is 12.0 Å². The molecule has 0 saturated carbocycles. The van der Waals surface area contributed by atoms with Gasteiger partial charge in [0.05, 0.1) is 0 Å². The predicted octanol–water partition coefficient (Wildman–Crippen LogP) is -2.18. The van der Waals surface area contributed by atoms with E-state index in [-0.39, 0.29) is 29.6 Å². The average molecular weight is 157 g/mol. The first-order valence-electron chi connectivity index (χ1n) is 2.22. The summed E-state index contributed by atoms with van der Waals surface area (Å²) in [6.07, 6.45) is 1.08. The predicted molar refractivity (Wildman–Crippen MR) is 38.3 cm³/mol. The van der Waals surface area contributed by atoms with Gasteiger partial charge in [0.15, 0.2) is 0 Å². The second kappa shape index (κ2) is 8.11. The molecule has 0 atom stereocenters. The standard InChI is InChI=1S/C4H9NS2.Na/c1-2-3-5-4(6)7;/h2-3H2,1H3,(H2,5,6,7);/q;+1/p-1. The van der Waals surface area contributed by atoms with E-state index in [0.29, 0.717) is 4.32 Å². The van der Waals surface area contributed by atoms with Crippen molar-refractivity contribution in [2.24, 2.45) is 0 Å². The number of hydrogen-bond acceptors (Lipinski definition) is 2. The zero-order valence-corrected chi connectivity index (χ0v) is 8.86. The first-order valence-corrected chi connectivity index (χ1v) is 3.04. The molecular weight excluding hydrogens is 149 g/mol. The van der Waals surface area contributed by atoms with Gasteiger partial charge in [0.25, 0.3) is 0 Å². The first-order chi connectivity index (χ1) is 3.27. The van der Waals surface area contributed by atoms with Crippen molar-refractivity contribution in [3.05, 3.63) is 0 Å². The second-order valence-electron chi connectivity index (χ2n) is 1.21. The molecule has 0 fully saturated rings. The van der Waals surface area contributed by atoms with E-state index in [9.17, 15) is 0 Å². The summed E-state index contributed by atoms with van der Waals surface area (Å²) in [7, 11) is 0. The SMILES string of the molecule is CCCNC(=S)[S-].[Na+]. The van der Waals surface area contributed by atoms with Crippen LogP contribution in [0.5, 0.6) is 0 Å². The Bertz CT molecular complexity index is 67.1. The van der Waals surface area contributed by atoms with Gasteiger partial charge in [-0.3, -0.25) is 0 Å². The van der Waals surface area contributed by atoms with Gasteiger partial charge in [0, 0.05) is 6.54 Å². The minimum atomic E-state index is 0. The van der Waals surface area contributed by atoms with Crippen LogP contribution in [0.3, 0.4) is 0 Å². The second-order valence-corrected chi connectivity index (χ2v) is 2.29. The smallest absolute Gasteiger partial charge is 0.412 e. The van der Waals surface area contributed by atoms with Gasteiger partial charge < -0.3 is 30.2 Å². The summed E-state index contributed by atoms with van der Waals surface area (Å²) in [6.45, 7) is 2.98. The monoisotopic (exact) mass is 157 g/mol. The van der Waals surface area contributed by atoms with E-state index in [1.54, 1.807) is 0 Å². The van der Waals surface area contributed by atoms with Crippen LogP contribution in [0, 0.1) is 0 Å². The molecule has 0 unspecified atom stereocenters. The van der Waals surface area contributed by atoms with Crippen LogP contribution in [0.1, 0.15) is 13.3 Å². The van der Waals surface area contributed by atoms with E-state index in [1.165, 1.54) is 0 Å². The molecular formula is C4H8NNaS2. The minimum Gasteiger partial charge on any atom is -0.412 e. The number of rotatable bonds is 2. The van der Waals surface area contributed by atoms with E-state index in [1.807, 2.05) is 0 Å². The quantitative estimate of drug-likeness (QED) is 0.278. The van der Waals surface area contributed by atoms with Crippen molar-refractivity contribution in [3.63, 3.8) is 0 Å². The minimum absolute atomic E-state index is 0. The Hall–Kier alpha value is 1.11. The van der Waals surface area contributed by atoms with Gasteiger partial charge in [-0.2, -0.15) is 0 Å². The van der Waals surface area contributed by atoms with E-state index >= 15 is 0 Å². The van der Waals surface area contributed by atoms with Gasteiger partial charge in [-0.05, 0) is 6.42 Å². The fourth-order valence-corrected chi connectivity index (χ4v) is 0.431. The fraction of sp³-hybridized carbons (Fsp3) is 0.750. The summed E-state index contributed by atoms with van der Waals surface area (Å²) >= 11 is 9.13. The number of hydrogen-bond donors (Lipinski definition) is 1. The van der Waals surface area contributed by atoms with Crippen LogP contribution in [0.25, 0.3) is 0 Å². The molecule has 0 heterocycles. The molecule has 0 aliphatic rings. The summed E-state index contributed by atoms with van der Waals surface area (Å²) in [4.78, 5) is 0. The maximum absolute atomic E-state index is 4.56. The molecule has 0 aliphatic heterocycles. The molecule has 0 spiro atoms. The van der Waals surface area contributed by atoms with Crippen molar-refractivity contribution >= 4 is 29.2 Å². The Balaban J connectivity index is 0. The molecule has 0 bridgehead atoms. The van der Waals surface area contributed by atoms with Gasteiger partial charge in [0.1, 0.15) is 0 Å². The van der Waals surface area contributed by atoms with Crippen LogP contribution in [0.2, 0.25) is 0 Å². The number of thiocarbonyl (C=S) groups is 1. The molecule has 4 heteroatoms. The molecule has 8 heavy (non-hydrogen) atoms. The molecule has 0 amide bonds. The average Bonchev–Trinajstić information content (AvgIpc) is 1.61. The van der Waals surface area contributed by atoms with Crippen molar-refractivity contribution < 1.29 is 29.6 Å². The molecule has 1 N–H and O–H groups in total. The molecule has 0 saturated heterocycles. The van der Waals surface area contributed by atoms with Crippen molar-refractivity contribution in [1.29, 1.82) is 0 Å². The first kappa shape index (κ1) is 11.9. The summed E-state index contributed by atoms with van der Waals surface area (Å²) in [5.74, 6) is 0. The molecule has 0 aromatic rings. The third kappa shape index (κ3) is 10.2. The zero-order valence-electron chi connectivity index (χ0n) is 5.23. The van der Waals surface area contributed by atoms with Crippen LogP contribution >= 0.6 is 12.2 Å². The van der Waals surface area contributed by atoms with Gasteiger partial charge in [0.2, 0.25) is 0 Å². The van der Waals surface area contributed by atoms with E-state index < -0.39 is 0 Å². The molecule has 1 nitrogen and oxygen atoms in total. The Kier molecular flexibility index (Phi) is 12.0. The van der Waals surface area contributed by atoms with Crippen molar-refractivity contribution in [1.82, 2.24) is 5.32 Å². The van der Waals surface area contributed by atoms with Crippen LogP contribution in [0.15, 0.2) is 0 Å². The van der Waals surface area contributed by atoms with Crippen LogP contribution in [-0.4, -0.2) is 10.9 Å². The van der Waals surface area contributed by atoms with Crippen LogP contribution in [-0.2, 0) is 12.6 Å². The Morgan fingerprint density at radius 1 is 1.75 bits per heavy atom. The third-order valence-corrected chi connectivity index (χ3v) is 0.808. The zero-order chi connectivity index (χ0) is 5.70. The van der Waals surface area contributed by atoms with Gasteiger partial charge in [-0.1, -0.05) is 11.2 Å². The van der Waals surface area contributed by atoms with Crippen molar-refractivity contribution in [2.45, 2.75) is 13.3 Å². The Morgan fingerprint density at radius 2 is 2.25 bits per heavy atom. The van der Waals surface area contributed by atoms with Crippen molar-refractivity contribution in [2.75, 3.05) is 6.54 Å².